The molecule has 4 rings (SSSR count). The average Bonchev–Trinajstić information content (AvgIpc) is 2.79. The molecule has 1 aliphatic carbocycles. The topological polar surface area (TPSA) is 56.6 Å². The molecule has 0 radical (unpaired) electrons. The minimum absolute atomic E-state index is 0.110. The van der Waals surface area contributed by atoms with E-state index in [0.717, 1.165) is 36.3 Å². The van der Waals surface area contributed by atoms with Gasteiger partial charge in [-0.05, 0) is 30.1 Å². The summed E-state index contributed by atoms with van der Waals surface area (Å²) >= 11 is 1.50. The molecule has 0 saturated carbocycles. The number of allylic oxidation sites excluding steroid dienone is 4. The Labute approximate surface area is 194 Å². The summed E-state index contributed by atoms with van der Waals surface area (Å²) in [6.45, 7) is 6.92. The number of aliphatic imine (C=N–C) groups is 1. The predicted octanol–water partition coefficient (Wildman–Crippen LogP) is 6.75. The number of nitrogens with zero attached hydrogens (tertiary/aromatic N) is 3. The van der Waals surface area contributed by atoms with Gasteiger partial charge in [0.2, 0.25) is 5.90 Å². The molecule has 6 heteroatoms. The molecule has 32 heavy (non-hydrogen) atoms. The molecule has 2 aromatic rings. The summed E-state index contributed by atoms with van der Waals surface area (Å²) in [4.78, 5) is 13.9. The number of hydrogen-bond acceptors (Lipinski definition) is 6. The first-order chi connectivity index (χ1) is 15.4. The third-order valence-electron chi connectivity index (χ3n) is 5.33. The van der Waals surface area contributed by atoms with Crippen molar-refractivity contribution in [2.45, 2.75) is 50.6 Å². The van der Waals surface area contributed by atoms with Crippen LogP contribution in [0.15, 0.2) is 76.3 Å². The van der Waals surface area contributed by atoms with E-state index in [-0.39, 0.29) is 12.0 Å². The van der Waals surface area contributed by atoms with Crippen LogP contribution in [0.4, 0.5) is 5.82 Å². The van der Waals surface area contributed by atoms with Gasteiger partial charge in [-0.25, -0.2) is 9.97 Å². The molecule has 1 aliphatic heterocycles. The van der Waals surface area contributed by atoms with E-state index in [1.807, 2.05) is 12.3 Å². The van der Waals surface area contributed by atoms with Crippen LogP contribution in [0.3, 0.4) is 0 Å². The van der Waals surface area contributed by atoms with Crippen molar-refractivity contribution in [1.29, 1.82) is 0 Å². The van der Waals surface area contributed by atoms with Crippen molar-refractivity contribution in [3.63, 3.8) is 0 Å². The molecule has 2 heterocycles. The Kier molecular flexibility index (Phi) is 6.80. The van der Waals surface area contributed by atoms with Crippen LogP contribution >= 0.6 is 11.8 Å². The summed E-state index contributed by atoms with van der Waals surface area (Å²) < 4.78 is 11.6. The first kappa shape index (κ1) is 22.3. The SMILES string of the molecule is CSc1nc(N=C2COC=C(CC3=CC=CCC3)O2)cc(-c2ccc(C(C)(C)C)cc2)n1. The van der Waals surface area contributed by atoms with Crippen LogP contribution in [0.25, 0.3) is 11.3 Å². The van der Waals surface area contributed by atoms with Gasteiger partial charge in [-0.15, -0.1) is 0 Å². The van der Waals surface area contributed by atoms with Gasteiger partial charge in [0.1, 0.15) is 12.0 Å². The molecule has 0 unspecified atom stereocenters. The molecule has 0 bridgehead atoms. The molecule has 0 spiro atoms. The van der Waals surface area contributed by atoms with E-state index >= 15 is 0 Å². The molecule has 0 amide bonds. The molecular formula is C26H29N3O2S. The lowest BCUT2D eigenvalue weighted by atomic mass is 9.86. The van der Waals surface area contributed by atoms with Crippen LogP contribution in [-0.2, 0) is 14.9 Å². The standard InChI is InChI=1S/C26H29N3O2S/c1-26(2,3)20-12-10-19(11-13-20)22-15-23(29-25(27-22)32-4)28-24-17-30-16-21(31-24)14-18-8-6-5-7-9-18/h5-6,8,10-13,15-16H,7,9,14,17H2,1-4H3. The fraction of sp³-hybridized carbons (Fsp3) is 0.346. The second kappa shape index (κ2) is 9.74. The second-order valence-electron chi connectivity index (χ2n) is 8.90. The van der Waals surface area contributed by atoms with Crippen LogP contribution in [0, 0.1) is 0 Å². The van der Waals surface area contributed by atoms with Crippen molar-refractivity contribution in [2.24, 2.45) is 4.99 Å². The summed E-state index contributed by atoms with van der Waals surface area (Å²) in [6.07, 6.45) is 12.9. The average molecular weight is 448 g/mol. The van der Waals surface area contributed by atoms with Gasteiger partial charge in [0, 0.05) is 18.1 Å². The molecule has 0 fully saturated rings. The van der Waals surface area contributed by atoms with Gasteiger partial charge < -0.3 is 9.47 Å². The summed E-state index contributed by atoms with van der Waals surface area (Å²) in [5.41, 5.74) is 4.61. The number of ether oxygens (including phenoxy) is 2. The molecule has 1 aromatic carbocycles. The first-order valence-electron chi connectivity index (χ1n) is 10.9. The first-order valence-corrected chi connectivity index (χ1v) is 12.1. The lowest BCUT2D eigenvalue weighted by Gasteiger charge is -2.19. The normalized spacial score (nSPS) is 17.4. The summed E-state index contributed by atoms with van der Waals surface area (Å²) in [5.74, 6) is 1.85. The number of thioether (sulfide) groups is 1. The van der Waals surface area contributed by atoms with Crippen molar-refractivity contribution < 1.29 is 9.47 Å². The smallest absolute Gasteiger partial charge is 0.234 e. The molecule has 2 aliphatic rings. The lowest BCUT2D eigenvalue weighted by molar-refractivity contribution is 0.211. The van der Waals surface area contributed by atoms with Crippen molar-refractivity contribution in [2.75, 3.05) is 12.9 Å². The van der Waals surface area contributed by atoms with Crippen LogP contribution in [0.1, 0.15) is 45.6 Å². The maximum absolute atomic E-state index is 6.02. The quantitative estimate of drug-likeness (QED) is 0.375. The van der Waals surface area contributed by atoms with E-state index in [9.17, 15) is 0 Å². The van der Waals surface area contributed by atoms with Crippen LogP contribution in [0.5, 0.6) is 0 Å². The monoisotopic (exact) mass is 447 g/mol. The van der Waals surface area contributed by atoms with Crippen molar-refractivity contribution >= 4 is 23.5 Å². The Morgan fingerprint density at radius 2 is 1.94 bits per heavy atom. The Morgan fingerprint density at radius 1 is 1.12 bits per heavy atom. The molecular weight excluding hydrogens is 418 g/mol. The van der Waals surface area contributed by atoms with Gasteiger partial charge in [-0.3, -0.25) is 0 Å². The van der Waals surface area contributed by atoms with E-state index in [4.69, 9.17) is 9.47 Å². The fourth-order valence-electron chi connectivity index (χ4n) is 3.55. The van der Waals surface area contributed by atoms with Crippen molar-refractivity contribution in [1.82, 2.24) is 9.97 Å². The Morgan fingerprint density at radius 3 is 2.62 bits per heavy atom. The highest BCUT2D eigenvalue weighted by molar-refractivity contribution is 7.98. The molecule has 0 N–H and O–H groups in total. The van der Waals surface area contributed by atoms with Crippen molar-refractivity contribution in [3.8, 4) is 11.3 Å². The summed E-state index contributed by atoms with van der Waals surface area (Å²) in [5, 5.41) is 0.674. The van der Waals surface area contributed by atoms with E-state index in [1.54, 1.807) is 6.26 Å². The maximum Gasteiger partial charge on any atom is 0.234 e. The van der Waals surface area contributed by atoms with E-state index in [2.05, 4.69) is 78.2 Å². The zero-order valence-electron chi connectivity index (χ0n) is 19.1. The van der Waals surface area contributed by atoms with Gasteiger partial charge in [0.25, 0.3) is 0 Å². The number of hydrogen-bond donors (Lipinski definition) is 0. The van der Waals surface area contributed by atoms with E-state index in [0.29, 0.717) is 16.9 Å². The summed E-state index contributed by atoms with van der Waals surface area (Å²) in [6, 6.07) is 10.4. The van der Waals surface area contributed by atoms with Gasteiger partial charge in [0.05, 0.1) is 5.69 Å². The Balaban J connectivity index is 1.56. The second-order valence-corrected chi connectivity index (χ2v) is 9.67. The third-order valence-corrected chi connectivity index (χ3v) is 5.88. The minimum atomic E-state index is 0.110. The number of aromatic nitrogens is 2. The summed E-state index contributed by atoms with van der Waals surface area (Å²) in [7, 11) is 0. The van der Waals surface area contributed by atoms with Gasteiger partial charge in [-0.1, -0.05) is 80.6 Å². The van der Waals surface area contributed by atoms with E-state index < -0.39 is 0 Å². The Hall–Kier alpha value is -2.86. The third kappa shape index (κ3) is 5.68. The molecule has 1 aromatic heterocycles. The van der Waals surface area contributed by atoms with Crippen molar-refractivity contribution in [3.05, 3.63) is 71.7 Å². The lowest BCUT2D eigenvalue weighted by Crippen LogP contribution is -2.17. The van der Waals surface area contributed by atoms with E-state index in [1.165, 1.54) is 22.9 Å². The highest BCUT2D eigenvalue weighted by Gasteiger charge is 2.17. The van der Waals surface area contributed by atoms with Crippen LogP contribution in [-0.4, -0.2) is 28.7 Å². The molecule has 0 saturated heterocycles. The van der Waals surface area contributed by atoms with Gasteiger partial charge in [0.15, 0.2) is 17.6 Å². The molecule has 5 nitrogen and oxygen atoms in total. The zero-order valence-corrected chi connectivity index (χ0v) is 19.9. The predicted molar refractivity (Wildman–Crippen MR) is 131 cm³/mol. The molecule has 0 atom stereocenters. The maximum atomic E-state index is 6.02. The molecule has 166 valence electrons. The van der Waals surface area contributed by atoms with Crippen LogP contribution in [0.2, 0.25) is 0 Å². The van der Waals surface area contributed by atoms with Crippen LogP contribution < -0.4 is 0 Å². The highest BCUT2D eigenvalue weighted by atomic mass is 32.2. The fourth-order valence-corrected chi connectivity index (χ4v) is 3.92. The minimum Gasteiger partial charge on any atom is -0.488 e. The van der Waals surface area contributed by atoms with Gasteiger partial charge in [-0.2, -0.15) is 4.99 Å². The largest absolute Gasteiger partial charge is 0.488 e. The Bertz CT molecular complexity index is 1090. The number of rotatable bonds is 5. The highest BCUT2D eigenvalue weighted by Crippen LogP contribution is 2.29. The number of benzene rings is 1. The van der Waals surface area contributed by atoms with Gasteiger partial charge >= 0.3 is 0 Å². The zero-order chi connectivity index (χ0) is 22.6.